The zero-order chi connectivity index (χ0) is 84.9. The van der Waals surface area contributed by atoms with Gasteiger partial charge in [0.2, 0.25) is 0 Å². The van der Waals surface area contributed by atoms with Gasteiger partial charge in [-0.2, -0.15) is 0 Å². The number of hydrogen-bond donors (Lipinski definition) is 6. The Labute approximate surface area is 702 Å². The van der Waals surface area contributed by atoms with E-state index in [0.717, 1.165) is 128 Å². The molecule has 0 spiro atoms. The fourth-order valence-electron chi connectivity index (χ4n) is 16.4. The molecular formula is C99H163IN2O11. The van der Waals surface area contributed by atoms with Crippen LogP contribution in [-0.4, -0.2) is 84.6 Å². The predicted octanol–water partition coefficient (Wildman–Crippen LogP) is 23.7. The summed E-state index contributed by atoms with van der Waals surface area (Å²) in [6, 6.07) is 0.459. The van der Waals surface area contributed by atoms with E-state index in [1.807, 2.05) is 57.2 Å². The van der Waals surface area contributed by atoms with E-state index in [1.54, 1.807) is 0 Å². The van der Waals surface area contributed by atoms with Gasteiger partial charge in [0.25, 0.3) is 0 Å². The average molecular weight is 1680 g/mol. The van der Waals surface area contributed by atoms with E-state index in [2.05, 4.69) is 251 Å². The maximum atomic E-state index is 11.2. The summed E-state index contributed by atoms with van der Waals surface area (Å²) >= 11 is 2.39. The first-order valence-electron chi connectivity index (χ1n) is 44.4. The number of aliphatic hydroxyl groups excluding tert-OH is 1. The Morgan fingerprint density at radius 1 is 0.319 bits per heavy atom. The van der Waals surface area contributed by atoms with Crippen LogP contribution in [-0.2, 0) is 33.4 Å². The van der Waals surface area contributed by atoms with Gasteiger partial charge in [-0.3, -0.25) is 24.0 Å². The molecule has 8 N–H and O–H groups in total. The Bertz CT molecular complexity index is 2860. The SMILES string of the molecule is C[C@@H]1C=C[C@@H](C)[C@@H](C)C1.C[C@@H]1C=C[C@@H](C)[C@H](C(=O)O)C1.C[C@@H]1C=C[C@@H](C)[C@H](C)C1.C[C@@H]1C=C[C@@H](C)[C@H](C)C1.C[C@@H]1C=C[C@@H](N)C[C@H]1N.C[C@@H]1C=C[C@H](O)C[C@@H]1C.C[C@@H]1C=C[C@H]2C[C@@H]1C(=O)O2.C[C@@H]1CC=CC[C@@H]1C.C[C@@H]1CC=CC[C@@H]1C.C[C@@H]1CC=CC[C@@H]1C(=O)O.C[C@@H]1C[C@@H](I)[C@H]2C[C@@H]1C(=O)O2.C[C@H]1CC=CC[C@H]1C(=O)O. The number of carbonyl (C=O) groups excluding carboxylic acids is 2. The van der Waals surface area contributed by atoms with Crippen molar-refractivity contribution in [3.8, 4) is 0 Å². The molecule has 14 rings (SSSR count). The number of ether oxygens (including phenoxy) is 2. The molecule has 3 fully saturated rings. The highest BCUT2D eigenvalue weighted by molar-refractivity contribution is 14.1. The second-order valence-corrected chi connectivity index (χ2v) is 39.3. The van der Waals surface area contributed by atoms with Crippen LogP contribution in [0.1, 0.15) is 261 Å². The summed E-state index contributed by atoms with van der Waals surface area (Å²) in [5.41, 5.74) is 11.4. The molecule has 13 nitrogen and oxygen atoms in total. The van der Waals surface area contributed by atoms with Gasteiger partial charge in [-0.1, -0.05) is 303 Å². The van der Waals surface area contributed by atoms with Crippen LogP contribution in [0.4, 0.5) is 0 Å². The third kappa shape index (κ3) is 39.0. The largest absolute Gasteiger partial charge is 0.481 e. The Kier molecular flexibility index (Phi) is 48.4. The number of carbonyl (C=O) groups is 5. The van der Waals surface area contributed by atoms with E-state index in [4.69, 9.17) is 41.4 Å². The number of carboxylic acids is 3. The van der Waals surface area contributed by atoms with Gasteiger partial charge in [-0.05, 0) is 239 Å². The number of fused-ring (bicyclic) bond motifs is 4. The lowest BCUT2D eigenvalue weighted by atomic mass is 9.81. The molecule has 1 saturated carbocycles. The first-order valence-corrected chi connectivity index (χ1v) is 45.7. The minimum Gasteiger partial charge on any atom is -0.481 e. The minimum absolute atomic E-state index is 0.0116. The Morgan fingerprint density at radius 2 is 0.655 bits per heavy atom. The van der Waals surface area contributed by atoms with Gasteiger partial charge < -0.3 is 41.4 Å². The van der Waals surface area contributed by atoms with Crippen LogP contribution in [0, 0.1) is 160 Å². The lowest BCUT2D eigenvalue weighted by molar-refractivity contribution is -0.144. The summed E-state index contributed by atoms with van der Waals surface area (Å²) in [7, 11) is 0. The van der Waals surface area contributed by atoms with E-state index in [-0.39, 0.29) is 77.8 Å². The minimum atomic E-state index is -0.659. The molecule has 0 aromatic heterocycles. The second kappa shape index (κ2) is 53.5. The summed E-state index contributed by atoms with van der Waals surface area (Å²) in [6.07, 6.45) is 65.9. The highest BCUT2D eigenvalue weighted by Gasteiger charge is 2.46. The zero-order valence-electron chi connectivity index (χ0n) is 74.5. The third-order valence-corrected chi connectivity index (χ3v) is 28.3. The number of nitrogens with two attached hydrogens (primary N) is 2. The fraction of sp³-hybridized carbons (Fsp3) is 0.727. The number of esters is 2. The summed E-state index contributed by atoms with van der Waals surface area (Å²) in [5.74, 6) is 13.1. The standard InChI is InChI=1S/C9H14O2.3C9H16.C8H11IO2.C8H10O2.2C8H12O2.C8H14O.2C8H14.C7H14N2/c1-6-3-4-7(2)8(5-6)9(10)11;3*1-7-4-5-8(2)9(3)6-7;1-4-2-6(9)7-3-5(4)8(10)11-7;1-5-2-3-6-4-7(5)8(9)10-6;2*1-6-4-2-3-5-7(6)8(9)10;1-6-3-4-8(9)5-7(6)2;2*1-7-5-3-4-6-8(7)2;1-5-2-3-6(8)4-7(5)9/h3-4,6-8H,5H2,1-2H3,(H,10,11);3*4-5,7-9H,6H2,1-3H3;4-7H,2-3H2,1H3;2-3,5-7H,4H2,1H3;2*2-3,6-7H,4-5H2,1H3,(H,9,10);3-4,6-9H,5H2,1-2H3;2*3-4,7-8H,5-6H2,1-2H3;2-3,5-7H,4,8-9H2,1H3/t6-,7-,8-;7-,8-,9+;2*7-,8-,9-;4-,5+,6-,7-;5-,6+,7+;2*6-,7+;6-,7+,8+;2*7-,8+;5-,6-,7-/m111111101..1/s1. The molecule has 14 aliphatic rings. The molecule has 113 heavy (non-hydrogen) atoms. The molecule has 4 bridgehead atoms. The van der Waals surface area contributed by atoms with Crippen LogP contribution < -0.4 is 11.5 Å². The topological polar surface area (TPSA) is 237 Å². The number of halogens is 1. The molecule has 0 radical (unpaired) electrons. The first-order chi connectivity index (χ1) is 53.1. The van der Waals surface area contributed by atoms with Crippen molar-refractivity contribution >= 4 is 52.4 Å². The highest BCUT2D eigenvalue weighted by Crippen LogP contribution is 2.42. The Hall–Kier alpha value is -4.90. The predicted molar refractivity (Wildman–Crippen MR) is 481 cm³/mol. The number of carboxylic acid groups (broad SMARTS) is 3. The number of alkyl halides is 1. The van der Waals surface area contributed by atoms with Crippen LogP contribution in [0.2, 0.25) is 0 Å². The lowest BCUT2D eigenvalue weighted by Gasteiger charge is -2.25. The molecule has 0 unspecified atom stereocenters. The van der Waals surface area contributed by atoms with E-state index in [0.29, 0.717) is 64.1 Å². The molecule has 33 atom stereocenters. The molecule has 0 aromatic rings. The molecule has 2 saturated heterocycles. The van der Waals surface area contributed by atoms with Crippen LogP contribution in [0.3, 0.4) is 0 Å². The van der Waals surface area contributed by atoms with Gasteiger partial charge in [-0.25, -0.2) is 0 Å². The number of hydrogen-bond acceptors (Lipinski definition) is 10. The van der Waals surface area contributed by atoms with Crippen molar-refractivity contribution in [3.63, 3.8) is 0 Å². The van der Waals surface area contributed by atoms with Gasteiger partial charge in [-0.15, -0.1) is 0 Å². The quantitative estimate of drug-likeness (QED) is 0.0668. The van der Waals surface area contributed by atoms with E-state index < -0.39 is 17.9 Å². The molecule has 0 aromatic carbocycles. The van der Waals surface area contributed by atoms with Crippen LogP contribution in [0.5, 0.6) is 0 Å². The van der Waals surface area contributed by atoms with Gasteiger partial charge >= 0.3 is 29.8 Å². The molecule has 12 aliphatic carbocycles. The summed E-state index contributed by atoms with van der Waals surface area (Å²) < 4.78 is 10.8. The van der Waals surface area contributed by atoms with Crippen molar-refractivity contribution in [2.75, 3.05) is 0 Å². The van der Waals surface area contributed by atoms with Gasteiger partial charge in [0.05, 0.1) is 35.7 Å². The lowest BCUT2D eigenvalue weighted by Crippen LogP contribution is -2.37. The van der Waals surface area contributed by atoms with Crippen molar-refractivity contribution in [1.82, 2.24) is 0 Å². The van der Waals surface area contributed by atoms with Crippen molar-refractivity contribution < 1.29 is 53.9 Å². The summed E-state index contributed by atoms with van der Waals surface area (Å²) in [4.78, 5) is 53.9. The Morgan fingerprint density at radius 3 is 0.965 bits per heavy atom. The molecule has 2 heterocycles. The monoisotopic (exact) mass is 1680 g/mol. The second-order valence-electron chi connectivity index (χ2n) is 37.7. The molecular weight excluding hydrogens is 1520 g/mol. The van der Waals surface area contributed by atoms with Gasteiger partial charge in [0.15, 0.2) is 0 Å². The smallest absolute Gasteiger partial charge is 0.310 e. The fourth-order valence-corrected chi connectivity index (χ4v) is 17.7. The summed E-state index contributed by atoms with van der Waals surface area (Å²) in [6.45, 7) is 48.8. The summed E-state index contributed by atoms with van der Waals surface area (Å²) in [5, 5.41) is 35.3. The van der Waals surface area contributed by atoms with Crippen molar-refractivity contribution in [3.05, 3.63) is 134 Å². The highest BCUT2D eigenvalue weighted by atomic mass is 127. The first kappa shape index (κ1) is 102. The maximum absolute atomic E-state index is 11.2. The third-order valence-electron chi connectivity index (χ3n) is 27.0. The molecule has 642 valence electrons. The molecule has 0 amide bonds. The van der Waals surface area contributed by atoms with E-state index in [1.165, 1.54) is 44.9 Å². The number of rotatable bonds is 3. The number of aliphatic hydroxyl groups is 1. The van der Waals surface area contributed by atoms with Crippen molar-refractivity contribution in [2.24, 2.45) is 171 Å². The Balaban J connectivity index is 0.000000320. The normalized spacial score (nSPS) is 40.5. The van der Waals surface area contributed by atoms with Crippen molar-refractivity contribution in [1.29, 1.82) is 0 Å². The number of aliphatic carboxylic acids is 3. The van der Waals surface area contributed by atoms with Gasteiger partial charge in [0, 0.05) is 22.4 Å². The van der Waals surface area contributed by atoms with Gasteiger partial charge in [0.1, 0.15) is 12.2 Å². The maximum Gasteiger partial charge on any atom is 0.310 e. The van der Waals surface area contributed by atoms with Crippen LogP contribution in [0.25, 0.3) is 0 Å². The molecule has 2 aliphatic heterocycles. The van der Waals surface area contributed by atoms with Crippen LogP contribution in [0.15, 0.2) is 134 Å². The van der Waals surface area contributed by atoms with Crippen molar-refractivity contribution in [2.45, 2.75) is 296 Å². The average Bonchev–Trinajstić information content (AvgIpc) is 1.66. The zero-order valence-corrected chi connectivity index (χ0v) is 76.6. The molecule has 14 heteroatoms. The van der Waals surface area contributed by atoms with Crippen LogP contribution >= 0.6 is 22.6 Å². The number of allylic oxidation sites excluding steroid dienone is 18. The van der Waals surface area contributed by atoms with E-state index >= 15 is 0 Å². The van der Waals surface area contributed by atoms with E-state index in [9.17, 15) is 24.0 Å².